The molecule has 1 aromatic heterocycles. The standard InChI is InChI=1S/C24H18F2N4O3/c1-24(19-10-11-20(31)28-27-19)14-21(32)30(23(33)29(24)2)22-17(25)12-16(13-18(22)26)9-8-15-6-4-3-5-7-15/h3-7,10-13H,14H2,1-2H3,(H,28,31)/t24-/m0/s1. The third-order valence-corrected chi connectivity index (χ3v) is 5.56. The summed E-state index contributed by atoms with van der Waals surface area (Å²) in [5.74, 6) is 2.49. The minimum atomic E-state index is -1.22. The number of aromatic amines is 1. The molecular formula is C24H18F2N4O3. The average molecular weight is 448 g/mol. The topological polar surface area (TPSA) is 86.4 Å². The van der Waals surface area contributed by atoms with E-state index in [2.05, 4.69) is 22.0 Å². The Labute approximate surface area is 187 Å². The van der Waals surface area contributed by atoms with Crippen LogP contribution in [0.4, 0.5) is 19.3 Å². The molecule has 0 spiro atoms. The van der Waals surface area contributed by atoms with Gasteiger partial charge in [0.1, 0.15) is 5.69 Å². The number of aromatic nitrogens is 2. The van der Waals surface area contributed by atoms with Crippen molar-refractivity contribution in [1.29, 1.82) is 0 Å². The summed E-state index contributed by atoms with van der Waals surface area (Å²) < 4.78 is 29.9. The first-order valence-electron chi connectivity index (χ1n) is 9.94. The Morgan fingerprint density at radius 2 is 1.61 bits per heavy atom. The molecule has 4 rings (SSSR count). The fraction of sp³-hybridized carbons (Fsp3) is 0.167. The maximum atomic E-state index is 14.9. The second kappa shape index (κ2) is 8.31. The number of nitrogens with one attached hydrogen (secondary N) is 1. The van der Waals surface area contributed by atoms with Crippen molar-refractivity contribution in [2.45, 2.75) is 18.9 Å². The van der Waals surface area contributed by atoms with E-state index in [-0.39, 0.29) is 17.7 Å². The summed E-state index contributed by atoms with van der Waals surface area (Å²) in [5.41, 5.74) is -1.44. The van der Waals surface area contributed by atoms with E-state index in [9.17, 15) is 23.2 Å². The van der Waals surface area contributed by atoms with E-state index in [0.29, 0.717) is 10.5 Å². The summed E-state index contributed by atoms with van der Waals surface area (Å²) in [6, 6.07) is 12.5. The van der Waals surface area contributed by atoms with Gasteiger partial charge in [-0.25, -0.2) is 23.6 Å². The Bertz CT molecular complexity index is 1330. The molecular weight excluding hydrogens is 430 g/mol. The van der Waals surface area contributed by atoms with Gasteiger partial charge < -0.3 is 4.90 Å². The predicted octanol–water partition coefficient (Wildman–Crippen LogP) is 3.15. The predicted molar refractivity (Wildman–Crippen MR) is 116 cm³/mol. The second-order valence-electron chi connectivity index (χ2n) is 7.73. The van der Waals surface area contributed by atoms with Gasteiger partial charge >= 0.3 is 6.03 Å². The molecule has 7 nitrogen and oxygen atoms in total. The van der Waals surface area contributed by atoms with Gasteiger partial charge in [-0.15, -0.1) is 0 Å². The van der Waals surface area contributed by atoms with Crippen LogP contribution in [-0.2, 0) is 10.3 Å². The first kappa shape index (κ1) is 21.9. The molecule has 0 bridgehead atoms. The minimum absolute atomic E-state index is 0.0603. The van der Waals surface area contributed by atoms with Crippen molar-refractivity contribution in [2.24, 2.45) is 0 Å². The molecule has 1 N–H and O–H groups in total. The van der Waals surface area contributed by atoms with Crippen LogP contribution in [0.25, 0.3) is 0 Å². The second-order valence-corrected chi connectivity index (χ2v) is 7.73. The molecule has 1 aliphatic rings. The van der Waals surface area contributed by atoms with Crippen LogP contribution in [0, 0.1) is 23.5 Å². The summed E-state index contributed by atoms with van der Waals surface area (Å²) >= 11 is 0. The highest BCUT2D eigenvalue weighted by Gasteiger charge is 2.48. The van der Waals surface area contributed by atoms with E-state index < -0.39 is 40.4 Å². The first-order valence-corrected chi connectivity index (χ1v) is 9.94. The first-order chi connectivity index (χ1) is 15.7. The quantitative estimate of drug-likeness (QED) is 0.611. The molecule has 1 aliphatic heterocycles. The number of halogens is 2. The van der Waals surface area contributed by atoms with Gasteiger partial charge in [-0.3, -0.25) is 9.59 Å². The van der Waals surface area contributed by atoms with Crippen molar-refractivity contribution in [3.8, 4) is 11.8 Å². The zero-order valence-electron chi connectivity index (χ0n) is 17.7. The number of carbonyl (C=O) groups excluding carboxylic acids is 2. The molecule has 0 saturated carbocycles. The lowest BCUT2D eigenvalue weighted by Gasteiger charge is -2.44. The number of anilines is 1. The highest BCUT2D eigenvalue weighted by Crippen LogP contribution is 2.38. The number of amides is 3. The Morgan fingerprint density at radius 3 is 2.21 bits per heavy atom. The van der Waals surface area contributed by atoms with Crippen molar-refractivity contribution < 1.29 is 18.4 Å². The summed E-state index contributed by atoms with van der Waals surface area (Å²) in [4.78, 5) is 38.9. The lowest BCUT2D eigenvalue weighted by Crippen LogP contribution is -2.60. The van der Waals surface area contributed by atoms with Gasteiger partial charge in [0.2, 0.25) is 5.91 Å². The number of hydrogen-bond donors (Lipinski definition) is 1. The number of hydrogen-bond acceptors (Lipinski definition) is 4. The van der Waals surface area contributed by atoms with E-state index in [4.69, 9.17) is 0 Å². The van der Waals surface area contributed by atoms with Crippen LogP contribution < -0.4 is 10.5 Å². The summed E-state index contributed by atoms with van der Waals surface area (Å²) in [5, 5.41) is 6.18. The lowest BCUT2D eigenvalue weighted by molar-refractivity contribution is -0.122. The van der Waals surface area contributed by atoms with Gasteiger partial charge in [-0.1, -0.05) is 30.0 Å². The normalized spacial score (nSPS) is 18.2. The van der Waals surface area contributed by atoms with E-state index in [1.54, 1.807) is 31.2 Å². The SMILES string of the molecule is CN1C(=O)N(c2c(F)cc(C#Cc3ccccc3)cc2F)C(=O)C[C@@]1(C)c1ccc(=O)[nH]n1. The maximum absolute atomic E-state index is 14.9. The van der Waals surface area contributed by atoms with Crippen LogP contribution in [0.3, 0.4) is 0 Å². The number of nitrogens with zero attached hydrogens (tertiary/aromatic N) is 3. The van der Waals surface area contributed by atoms with E-state index in [1.807, 2.05) is 6.07 Å². The van der Waals surface area contributed by atoms with Crippen molar-refractivity contribution in [1.82, 2.24) is 15.1 Å². The summed E-state index contributed by atoms with van der Waals surface area (Å²) in [7, 11) is 1.39. The Morgan fingerprint density at radius 1 is 0.970 bits per heavy atom. The van der Waals surface area contributed by atoms with Crippen LogP contribution in [0.5, 0.6) is 0 Å². The van der Waals surface area contributed by atoms with Gasteiger partial charge in [0.15, 0.2) is 11.6 Å². The number of imide groups is 1. The molecule has 9 heteroatoms. The Kier molecular flexibility index (Phi) is 5.52. The fourth-order valence-electron chi connectivity index (χ4n) is 3.60. The van der Waals surface area contributed by atoms with Crippen molar-refractivity contribution in [2.75, 3.05) is 11.9 Å². The van der Waals surface area contributed by atoms with Gasteiger partial charge in [0, 0.05) is 24.2 Å². The zero-order valence-corrected chi connectivity index (χ0v) is 17.7. The molecule has 0 aliphatic carbocycles. The third-order valence-electron chi connectivity index (χ3n) is 5.56. The van der Waals surface area contributed by atoms with Crippen LogP contribution in [0.2, 0.25) is 0 Å². The summed E-state index contributed by atoms with van der Waals surface area (Å²) in [6.45, 7) is 1.58. The number of urea groups is 1. The van der Waals surface area contributed by atoms with Crippen LogP contribution >= 0.6 is 0 Å². The molecule has 1 fully saturated rings. The molecule has 1 saturated heterocycles. The molecule has 0 unspecified atom stereocenters. The molecule has 0 radical (unpaired) electrons. The maximum Gasteiger partial charge on any atom is 0.332 e. The average Bonchev–Trinajstić information content (AvgIpc) is 2.79. The minimum Gasteiger partial charge on any atom is -0.315 e. The smallest absolute Gasteiger partial charge is 0.315 e. The monoisotopic (exact) mass is 448 g/mol. The van der Waals surface area contributed by atoms with Gasteiger partial charge in [-0.05, 0) is 37.3 Å². The third kappa shape index (κ3) is 3.99. The number of benzene rings is 2. The van der Waals surface area contributed by atoms with E-state index in [1.165, 1.54) is 19.2 Å². The number of H-pyrrole nitrogens is 1. The van der Waals surface area contributed by atoms with Crippen molar-refractivity contribution in [3.05, 3.63) is 93.4 Å². The van der Waals surface area contributed by atoms with E-state index >= 15 is 0 Å². The van der Waals surface area contributed by atoms with Gasteiger partial charge in [-0.2, -0.15) is 5.10 Å². The lowest BCUT2D eigenvalue weighted by atomic mass is 9.88. The molecule has 166 valence electrons. The van der Waals surface area contributed by atoms with Gasteiger partial charge in [0.25, 0.3) is 5.56 Å². The summed E-state index contributed by atoms with van der Waals surface area (Å²) in [6.07, 6.45) is -0.303. The highest BCUT2D eigenvalue weighted by atomic mass is 19.1. The Hall–Kier alpha value is -4.32. The molecule has 2 aromatic carbocycles. The fourth-order valence-corrected chi connectivity index (χ4v) is 3.60. The number of rotatable bonds is 2. The molecule has 2 heterocycles. The van der Waals surface area contributed by atoms with Gasteiger partial charge in [0.05, 0.1) is 17.7 Å². The van der Waals surface area contributed by atoms with Crippen LogP contribution in [0.1, 0.15) is 30.2 Å². The van der Waals surface area contributed by atoms with Crippen molar-refractivity contribution in [3.63, 3.8) is 0 Å². The largest absolute Gasteiger partial charge is 0.332 e. The van der Waals surface area contributed by atoms with Crippen LogP contribution in [0.15, 0.2) is 59.4 Å². The Balaban J connectivity index is 1.68. The zero-order chi connectivity index (χ0) is 23.8. The highest BCUT2D eigenvalue weighted by molar-refractivity contribution is 6.16. The molecule has 1 atom stereocenters. The number of carbonyl (C=O) groups is 2. The van der Waals surface area contributed by atoms with Crippen LogP contribution in [-0.4, -0.2) is 34.1 Å². The molecule has 3 amide bonds. The molecule has 33 heavy (non-hydrogen) atoms. The van der Waals surface area contributed by atoms with Crippen molar-refractivity contribution >= 4 is 17.6 Å². The van der Waals surface area contributed by atoms with E-state index in [0.717, 1.165) is 17.0 Å². The molecule has 3 aromatic rings.